The molecule has 0 saturated heterocycles. The lowest BCUT2D eigenvalue weighted by Gasteiger charge is -2.20. The van der Waals surface area contributed by atoms with Gasteiger partial charge >= 0.3 is 0 Å². The number of halogens is 2. The summed E-state index contributed by atoms with van der Waals surface area (Å²) in [6.45, 7) is 6.93. The van der Waals surface area contributed by atoms with Gasteiger partial charge in [0.2, 0.25) is 0 Å². The molecule has 5 heteroatoms. The molecule has 0 amide bonds. The van der Waals surface area contributed by atoms with Gasteiger partial charge in [-0.25, -0.2) is 4.39 Å². The smallest absolute Gasteiger partial charge is 0.141 e. The van der Waals surface area contributed by atoms with Crippen LogP contribution in [0.2, 0.25) is 0 Å². The fraction of sp³-hybridized carbons (Fsp3) is 0.312. The largest absolute Gasteiger partial charge is 0.457 e. The van der Waals surface area contributed by atoms with Crippen LogP contribution >= 0.6 is 15.9 Å². The van der Waals surface area contributed by atoms with Crippen molar-refractivity contribution in [2.45, 2.75) is 32.9 Å². The van der Waals surface area contributed by atoms with Crippen molar-refractivity contribution < 1.29 is 9.13 Å². The number of nitrogens with one attached hydrogen (secondary N) is 1. The lowest BCUT2D eigenvalue weighted by atomic mass is 10.1. The third kappa shape index (κ3) is 5.10. The molecule has 3 nitrogen and oxygen atoms in total. The van der Waals surface area contributed by atoms with E-state index in [0.717, 1.165) is 5.69 Å². The molecule has 21 heavy (non-hydrogen) atoms. The SMILES string of the molecule is CC(C)(C)NCc1cc(Oc2ccc(Br)c(F)c2)ccn1. The zero-order valence-corrected chi connectivity index (χ0v) is 13.9. The van der Waals surface area contributed by atoms with E-state index in [4.69, 9.17) is 4.74 Å². The molecule has 0 aliphatic carbocycles. The Balaban J connectivity index is 2.08. The number of rotatable bonds is 4. The number of ether oxygens (including phenoxy) is 1. The third-order valence-corrected chi connectivity index (χ3v) is 3.36. The van der Waals surface area contributed by atoms with Crippen LogP contribution in [0.25, 0.3) is 0 Å². The van der Waals surface area contributed by atoms with E-state index in [0.29, 0.717) is 22.5 Å². The quantitative estimate of drug-likeness (QED) is 0.868. The molecule has 0 aliphatic heterocycles. The summed E-state index contributed by atoms with van der Waals surface area (Å²) in [4.78, 5) is 4.29. The zero-order valence-electron chi connectivity index (χ0n) is 12.3. The van der Waals surface area contributed by atoms with E-state index in [1.54, 1.807) is 24.4 Å². The second-order valence-electron chi connectivity index (χ2n) is 5.76. The Hall–Kier alpha value is -1.46. The number of nitrogens with zero attached hydrogens (tertiary/aromatic N) is 1. The molecular weight excluding hydrogens is 335 g/mol. The van der Waals surface area contributed by atoms with Gasteiger partial charge < -0.3 is 10.1 Å². The molecule has 1 heterocycles. The number of aromatic nitrogens is 1. The maximum atomic E-state index is 13.5. The van der Waals surface area contributed by atoms with Crippen LogP contribution in [0.4, 0.5) is 4.39 Å². The zero-order chi connectivity index (χ0) is 15.5. The Labute approximate surface area is 132 Å². The van der Waals surface area contributed by atoms with Crippen molar-refractivity contribution >= 4 is 15.9 Å². The number of benzene rings is 1. The highest BCUT2D eigenvalue weighted by molar-refractivity contribution is 9.10. The van der Waals surface area contributed by atoms with Crippen LogP contribution < -0.4 is 10.1 Å². The van der Waals surface area contributed by atoms with Crippen molar-refractivity contribution in [3.63, 3.8) is 0 Å². The summed E-state index contributed by atoms with van der Waals surface area (Å²) in [7, 11) is 0. The predicted octanol–water partition coefficient (Wildman–Crippen LogP) is 4.66. The highest BCUT2D eigenvalue weighted by Gasteiger charge is 2.09. The van der Waals surface area contributed by atoms with E-state index >= 15 is 0 Å². The second kappa shape index (κ2) is 6.54. The van der Waals surface area contributed by atoms with E-state index < -0.39 is 0 Å². The molecule has 0 saturated carbocycles. The standard InChI is InChI=1S/C16H18BrFN2O/c1-16(2,3)20-10-11-8-13(6-7-19-11)21-12-4-5-14(17)15(18)9-12/h4-9,20H,10H2,1-3H3. The minimum Gasteiger partial charge on any atom is -0.457 e. The first kappa shape index (κ1) is 15.9. The fourth-order valence-corrected chi connectivity index (χ4v) is 1.89. The Morgan fingerprint density at radius 2 is 1.90 bits per heavy atom. The van der Waals surface area contributed by atoms with E-state index in [2.05, 4.69) is 47.0 Å². The molecule has 0 unspecified atom stereocenters. The van der Waals surface area contributed by atoms with Crippen LogP contribution in [0.3, 0.4) is 0 Å². The summed E-state index contributed by atoms with van der Waals surface area (Å²) in [6.07, 6.45) is 1.68. The average molecular weight is 353 g/mol. The molecule has 0 spiro atoms. The summed E-state index contributed by atoms with van der Waals surface area (Å²) < 4.78 is 19.5. The van der Waals surface area contributed by atoms with Gasteiger partial charge in [0, 0.05) is 30.4 Å². The molecule has 1 N–H and O–H groups in total. The topological polar surface area (TPSA) is 34.1 Å². The predicted molar refractivity (Wildman–Crippen MR) is 85.0 cm³/mol. The van der Waals surface area contributed by atoms with Gasteiger partial charge in [-0.05, 0) is 54.9 Å². The Morgan fingerprint density at radius 3 is 2.57 bits per heavy atom. The molecular formula is C16H18BrFN2O. The first-order valence-electron chi connectivity index (χ1n) is 6.66. The van der Waals surface area contributed by atoms with Crippen LogP contribution in [0, 0.1) is 5.82 Å². The lowest BCUT2D eigenvalue weighted by molar-refractivity contribution is 0.419. The Kier molecular flexibility index (Phi) is 4.96. The first-order chi connectivity index (χ1) is 9.83. The minimum atomic E-state index is -0.351. The van der Waals surface area contributed by atoms with Crippen LogP contribution in [-0.2, 0) is 6.54 Å². The van der Waals surface area contributed by atoms with Gasteiger partial charge in [-0.1, -0.05) is 0 Å². The third-order valence-electron chi connectivity index (χ3n) is 2.71. The van der Waals surface area contributed by atoms with Crippen LogP contribution in [0.5, 0.6) is 11.5 Å². The van der Waals surface area contributed by atoms with Crippen LogP contribution in [-0.4, -0.2) is 10.5 Å². The highest BCUT2D eigenvalue weighted by atomic mass is 79.9. The van der Waals surface area contributed by atoms with Crippen molar-refractivity contribution in [3.05, 3.63) is 52.5 Å². The monoisotopic (exact) mass is 352 g/mol. The number of pyridine rings is 1. The van der Waals surface area contributed by atoms with E-state index in [1.807, 2.05) is 6.07 Å². The van der Waals surface area contributed by atoms with Crippen molar-refractivity contribution in [1.29, 1.82) is 0 Å². The van der Waals surface area contributed by atoms with Gasteiger partial charge in [-0.3, -0.25) is 4.98 Å². The molecule has 0 radical (unpaired) electrons. The minimum absolute atomic E-state index is 0.0212. The van der Waals surface area contributed by atoms with Gasteiger partial charge in [-0.15, -0.1) is 0 Å². The van der Waals surface area contributed by atoms with Crippen LogP contribution in [0.15, 0.2) is 41.0 Å². The van der Waals surface area contributed by atoms with Gasteiger partial charge in [0.1, 0.15) is 17.3 Å². The summed E-state index contributed by atoms with van der Waals surface area (Å²) >= 11 is 3.12. The Bertz CT molecular complexity index is 626. The average Bonchev–Trinajstić information content (AvgIpc) is 2.40. The summed E-state index contributed by atoms with van der Waals surface area (Å²) in [5.74, 6) is 0.741. The van der Waals surface area contributed by atoms with Gasteiger partial charge in [0.25, 0.3) is 0 Å². The molecule has 0 fully saturated rings. The molecule has 1 aromatic heterocycles. The van der Waals surface area contributed by atoms with Gasteiger partial charge in [0.05, 0.1) is 10.2 Å². The molecule has 2 aromatic rings. The second-order valence-corrected chi connectivity index (χ2v) is 6.62. The van der Waals surface area contributed by atoms with Crippen molar-refractivity contribution in [2.24, 2.45) is 0 Å². The van der Waals surface area contributed by atoms with E-state index in [1.165, 1.54) is 6.07 Å². The molecule has 0 atom stereocenters. The summed E-state index contributed by atoms with van der Waals surface area (Å²) in [5.41, 5.74) is 0.896. The number of hydrogen-bond donors (Lipinski definition) is 1. The summed E-state index contributed by atoms with van der Waals surface area (Å²) in [5, 5.41) is 3.36. The molecule has 2 rings (SSSR count). The van der Waals surface area contributed by atoms with E-state index in [-0.39, 0.29) is 11.4 Å². The molecule has 0 bridgehead atoms. The van der Waals surface area contributed by atoms with E-state index in [9.17, 15) is 4.39 Å². The van der Waals surface area contributed by atoms with Crippen molar-refractivity contribution in [1.82, 2.24) is 10.3 Å². The lowest BCUT2D eigenvalue weighted by Crippen LogP contribution is -2.35. The van der Waals surface area contributed by atoms with Gasteiger partial charge in [0.15, 0.2) is 0 Å². The summed E-state index contributed by atoms with van der Waals surface area (Å²) in [6, 6.07) is 8.27. The highest BCUT2D eigenvalue weighted by Crippen LogP contribution is 2.25. The molecule has 112 valence electrons. The maximum absolute atomic E-state index is 13.5. The fourth-order valence-electron chi connectivity index (χ4n) is 1.65. The molecule has 0 aliphatic rings. The Morgan fingerprint density at radius 1 is 1.19 bits per heavy atom. The van der Waals surface area contributed by atoms with Crippen molar-refractivity contribution in [3.8, 4) is 11.5 Å². The maximum Gasteiger partial charge on any atom is 0.141 e. The first-order valence-corrected chi connectivity index (χ1v) is 7.46. The number of hydrogen-bond acceptors (Lipinski definition) is 3. The van der Waals surface area contributed by atoms with Crippen molar-refractivity contribution in [2.75, 3.05) is 0 Å². The molecule has 1 aromatic carbocycles. The van der Waals surface area contributed by atoms with Crippen LogP contribution in [0.1, 0.15) is 26.5 Å². The van der Waals surface area contributed by atoms with Gasteiger partial charge in [-0.2, -0.15) is 0 Å². The normalized spacial score (nSPS) is 11.5.